The zero-order valence-electron chi connectivity index (χ0n) is 14.4. The Bertz CT molecular complexity index is 910. The minimum atomic E-state index is -1.10. The van der Waals surface area contributed by atoms with Crippen LogP contribution in [0.5, 0.6) is 0 Å². The number of nitrogens with zero attached hydrogens (tertiary/aromatic N) is 1. The second kappa shape index (κ2) is 7.53. The Morgan fingerprint density at radius 2 is 1.78 bits per heavy atom. The third-order valence-corrected chi connectivity index (χ3v) is 4.30. The molecule has 0 atom stereocenters. The minimum absolute atomic E-state index is 0.0174. The number of hydrogen-bond donors (Lipinski definition) is 1. The van der Waals surface area contributed by atoms with Crippen molar-refractivity contribution in [1.29, 1.82) is 0 Å². The van der Waals surface area contributed by atoms with Gasteiger partial charge in [-0.3, -0.25) is 9.59 Å². The summed E-state index contributed by atoms with van der Waals surface area (Å²) < 4.78 is 30.9. The molecule has 0 saturated carbocycles. The molecule has 2 amide bonds. The van der Waals surface area contributed by atoms with Gasteiger partial charge in [-0.2, -0.15) is 0 Å². The number of halogens is 2. The largest absolute Gasteiger partial charge is 0.465 e. The highest BCUT2D eigenvalue weighted by Gasteiger charge is 2.36. The molecule has 0 spiro atoms. The summed E-state index contributed by atoms with van der Waals surface area (Å²) in [6.07, 6.45) is 0. The summed E-state index contributed by atoms with van der Waals surface area (Å²) in [5, 5.41) is 2.66. The first-order valence-electron chi connectivity index (χ1n) is 8.13. The van der Waals surface area contributed by atoms with Crippen molar-refractivity contribution in [3.63, 3.8) is 0 Å². The van der Waals surface area contributed by atoms with Gasteiger partial charge in [-0.05, 0) is 30.3 Å². The molecular weight excluding hydrogens is 358 g/mol. The van der Waals surface area contributed by atoms with E-state index in [1.165, 1.54) is 24.1 Å². The van der Waals surface area contributed by atoms with Crippen LogP contribution in [0, 0.1) is 17.6 Å². The van der Waals surface area contributed by atoms with Gasteiger partial charge in [0.1, 0.15) is 0 Å². The van der Waals surface area contributed by atoms with Crippen molar-refractivity contribution < 1.29 is 27.9 Å². The molecule has 2 aromatic rings. The zero-order chi connectivity index (χ0) is 19.6. The van der Waals surface area contributed by atoms with Gasteiger partial charge in [-0.1, -0.05) is 12.1 Å². The number of nitrogens with one attached hydrogen (secondary N) is 1. The normalized spacial score (nSPS) is 13.7. The van der Waals surface area contributed by atoms with Gasteiger partial charge >= 0.3 is 5.97 Å². The predicted octanol–water partition coefficient (Wildman–Crippen LogP) is 2.46. The van der Waals surface area contributed by atoms with Crippen molar-refractivity contribution in [3.8, 4) is 0 Å². The maximum absolute atomic E-state index is 13.3. The Kier molecular flexibility index (Phi) is 5.16. The molecule has 1 fully saturated rings. The van der Waals surface area contributed by atoms with Crippen LogP contribution in [0.3, 0.4) is 0 Å². The fourth-order valence-corrected chi connectivity index (χ4v) is 2.74. The fraction of sp³-hybridized carbons (Fsp3) is 0.211. The average Bonchev–Trinajstić information content (AvgIpc) is 2.62. The van der Waals surface area contributed by atoms with Crippen molar-refractivity contribution in [3.05, 3.63) is 65.2 Å². The van der Waals surface area contributed by atoms with E-state index in [1.54, 1.807) is 18.2 Å². The van der Waals surface area contributed by atoms with Crippen molar-refractivity contribution in [1.82, 2.24) is 4.90 Å². The van der Waals surface area contributed by atoms with Gasteiger partial charge in [0.05, 0.1) is 24.3 Å². The molecule has 27 heavy (non-hydrogen) atoms. The molecule has 6 nitrogen and oxygen atoms in total. The molecule has 1 N–H and O–H groups in total. The van der Waals surface area contributed by atoms with E-state index in [2.05, 4.69) is 10.1 Å². The number of hydrogen-bond acceptors (Lipinski definition) is 4. The molecule has 8 heteroatoms. The van der Waals surface area contributed by atoms with Crippen LogP contribution in [0.1, 0.15) is 20.7 Å². The molecule has 0 bridgehead atoms. The number of likely N-dealkylation sites (tertiary alicyclic amines) is 1. The Labute approximate surface area is 153 Å². The molecule has 1 saturated heterocycles. The molecule has 0 unspecified atom stereocenters. The van der Waals surface area contributed by atoms with E-state index in [-0.39, 0.29) is 30.1 Å². The Morgan fingerprint density at radius 3 is 2.44 bits per heavy atom. The maximum Gasteiger partial charge on any atom is 0.339 e. The molecule has 0 radical (unpaired) electrons. The van der Waals surface area contributed by atoms with Gasteiger partial charge in [-0.15, -0.1) is 0 Å². The van der Waals surface area contributed by atoms with E-state index in [4.69, 9.17) is 0 Å². The molecule has 3 rings (SSSR count). The van der Waals surface area contributed by atoms with Crippen LogP contribution in [-0.2, 0) is 9.53 Å². The Morgan fingerprint density at radius 1 is 1.07 bits per heavy atom. The molecule has 140 valence electrons. The van der Waals surface area contributed by atoms with Crippen LogP contribution in [0.4, 0.5) is 14.5 Å². The highest BCUT2D eigenvalue weighted by atomic mass is 19.2. The molecule has 0 aromatic heterocycles. The zero-order valence-corrected chi connectivity index (χ0v) is 14.4. The Hall–Kier alpha value is -3.29. The summed E-state index contributed by atoms with van der Waals surface area (Å²) in [5.74, 6) is -4.00. The van der Waals surface area contributed by atoms with E-state index in [0.29, 0.717) is 5.69 Å². The van der Waals surface area contributed by atoms with Crippen LogP contribution >= 0.6 is 0 Å². The molecule has 1 aliphatic heterocycles. The van der Waals surface area contributed by atoms with Gasteiger partial charge in [-0.25, -0.2) is 13.6 Å². The molecule has 1 heterocycles. The minimum Gasteiger partial charge on any atom is -0.465 e. The molecule has 1 aliphatic rings. The van der Waals surface area contributed by atoms with Gasteiger partial charge in [0.15, 0.2) is 11.6 Å². The summed E-state index contributed by atoms with van der Waals surface area (Å²) in [6.45, 7) is 0.286. The molecule has 2 aromatic carbocycles. The molecule has 0 aliphatic carbocycles. The average molecular weight is 374 g/mol. The quantitative estimate of drug-likeness (QED) is 0.835. The standard InChI is InChI=1S/C19H16F2N2O4/c1-27-19(26)13-4-2-3-5-16(13)22-17(24)12-9-23(10-12)18(25)11-6-7-14(20)15(21)8-11/h2-8,12H,9-10H2,1H3,(H,22,24). The lowest BCUT2D eigenvalue weighted by molar-refractivity contribution is -0.123. The number of carbonyl (C=O) groups is 3. The summed E-state index contributed by atoms with van der Waals surface area (Å²) >= 11 is 0. The number of ether oxygens (including phenoxy) is 1. The van der Waals surface area contributed by atoms with Gasteiger partial charge in [0.2, 0.25) is 5.91 Å². The van der Waals surface area contributed by atoms with Crippen LogP contribution in [0.25, 0.3) is 0 Å². The third-order valence-electron chi connectivity index (χ3n) is 4.30. The van der Waals surface area contributed by atoms with Crippen molar-refractivity contribution in [2.45, 2.75) is 0 Å². The monoisotopic (exact) mass is 374 g/mol. The number of methoxy groups -OCH3 is 1. The van der Waals surface area contributed by atoms with Crippen molar-refractivity contribution in [2.75, 3.05) is 25.5 Å². The highest BCUT2D eigenvalue weighted by molar-refractivity contribution is 6.03. The SMILES string of the molecule is COC(=O)c1ccccc1NC(=O)C1CN(C(=O)c2ccc(F)c(F)c2)C1. The predicted molar refractivity (Wildman–Crippen MR) is 92.2 cm³/mol. The fourth-order valence-electron chi connectivity index (χ4n) is 2.74. The lowest BCUT2D eigenvalue weighted by atomic mass is 9.97. The van der Waals surface area contributed by atoms with E-state index in [0.717, 1.165) is 12.1 Å². The van der Waals surface area contributed by atoms with Crippen molar-refractivity contribution >= 4 is 23.5 Å². The van der Waals surface area contributed by atoms with Gasteiger partial charge in [0.25, 0.3) is 5.91 Å². The van der Waals surface area contributed by atoms with Gasteiger partial charge < -0.3 is 15.0 Å². The first-order valence-corrected chi connectivity index (χ1v) is 8.13. The van der Waals surface area contributed by atoms with Crippen molar-refractivity contribution in [2.24, 2.45) is 5.92 Å². The summed E-state index contributed by atoms with van der Waals surface area (Å²) in [7, 11) is 1.24. The lowest BCUT2D eigenvalue weighted by Crippen LogP contribution is -2.54. The van der Waals surface area contributed by atoms with Gasteiger partial charge in [0, 0.05) is 18.7 Å². The smallest absolute Gasteiger partial charge is 0.339 e. The second-order valence-corrected chi connectivity index (χ2v) is 6.06. The Balaban J connectivity index is 1.61. The first-order chi connectivity index (χ1) is 12.9. The van der Waals surface area contributed by atoms with Crippen LogP contribution in [-0.4, -0.2) is 42.9 Å². The maximum atomic E-state index is 13.3. The van der Waals surface area contributed by atoms with E-state index in [1.807, 2.05) is 0 Å². The van der Waals surface area contributed by atoms with E-state index >= 15 is 0 Å². The van der Waals surface area contributed by atoms with Crippen LogP contribution in [0.2, 0.25) is 0 Å². The number of amides is 2. The number of para-hydroxylation sites is 1. The number of benzene rings is 2. The topological polar surface area (TPSA) is 75.7 Å². The third kappa shape index (κ3) is 3.79. The first kappa shape index (κ1) is 18.5. The van der Waals surface area contributed by atoms with Crippen LogP contribution in [0.15, 0.2) is 42.5 Å². The number of esters is 1. The number of anilines is 1. The lowest BCUT2D eigenvalue weighted by Gasteiger charge is -2.38. The number of carbonyl (C=O) groups excluding carboxylic acids is 3. The highest BCUT2D eigenvalue weighted by Crippen LogP contribution is 2.23. The second-order valence-electron chi connectivity index (χ2n) is 6.06. The van der Waals surface area contributed by atoms with E-state index in [9.17, 15) is 23.2 Å². The van der Waals surface area contributed by atoms with Crippen LogP contribution < -0.4 is 5.32 Å². The summed E-state index contributed by atoms with van der Waals surface area (Å²) in [6, 6.07) is 9.33. The van der Waals surface area contributed by atoms with E-state index < -0.39 is 29.4 Å². The summed E-state index contributed by atoms with van der Waals surface area (Å²) in [5.41, 5.74) is 0.561. The summed E-state index contributed by atoms with van der Waals surface area (Å²) in [4.78, 5) is 37.7. The number of rotatable bonds is 4. The molecular formula is C19H16F2N2O4.